The Morgan fingerprint density at radius 2 is 2.07 bits per heavy atom. The van der Waals surface area contributed by atoms with Crippen molar-refractivity contribution in [3.05, 3.63) is 11.6 Å². The summed E-state index contributed by atoms with van der Waals surface area (Å²) >= 11 is 3.27. The quantitative estimate of drug-likeness (QED) is 0.304. The minimum Gasteiger partial charge on any atom is -0.466 e. The molecule has 0 spiro atoms. The number of hydrogen-bond acceptors (Lipinski definition) is 2. The molecule has 0 rings (SSSR count). The first kappa shape index (κ1) is 13.7. The van der Waals surface area contributed by atoms with E-state index in [1.54, 1.807) is 0 Å². The van der Waals surface area contributed by atoms with Crippen LogP contribution in [0.1, 0.15) is 39.0 Å². The zero-order valence-corrected chi connectivity index (χ0v) is 10.6. The number of halogens is 1. The van der Waals surface area contributed by atoms with E-state index in [0.717, 1.165) is 18.4 Å². The molecule has 0 fully saturated rings. The Labute approximate surface area is 94.8 Å². The van der Waals surface area contributed by atoms with E-state index in [-0.39, 0.29) is 5.97 Å². The molecule has 0 radical (unpaired) electrons. The summed E-state index contributed by atoms with van der Waals surface area (Å²) < 4.78 is 4.64. The van der Waals surface area contributed by atoms with Crippen molar-refractivity contribution in [3.8, 4) is 0 Å². The fourth-order valence-corrected chi connectivity index (χ4v) is 1.63. The zero-order chi connectivity index (χ0) is 10.8. The van der Waals surface area contributed by atoms with E-state index in [4.69, 9.17) is 0 Å². The lowest BCUT2D eigenvalue weighted by atomic mass is 10.1. The van der Waals surface area contributed by atoms with Crippen LogP contribution in [0.4, 0.5) is 0 Å². The van der Waals surface area contributed by atoms with Gasteiger partial charge in [0.25, 0.3) is 0 Å². The lowest BCUT2D eigenvalue weighted by Crippen LogP contribution is -2.05. The van der Waals surface area contributed by atoms with Gasteiger partial charge in [0.2, 0.25) is 0 Å². The van der Waals surface area contributed by atoms with Gasteiger partial charge in [-0.15, -0.1) is 0 Å². The predicted molar refractivity (Wildman–Crippen MR) is 62.7 cm³/mol. The molecule has 0 saturated carbocycles. The van der Waals surface area contributed by atoms with E-state index in [0.29, 0.717) is 5.33 Å². The second kappa shape index (κ2) is 9.25. The first-order valence-corrected chi connectivity index (χ1v) is 6.21. The van der Waals surface area contributed by atoms with Crippen LogP contribution in [0.2, 0.25) is 0 Å². The SMILES string of the molecule is CCCCCCC=C(CBr)C(=O)OC. The van der Waals surface area contributed by atoms with Gasteiger partial charge < -0.3 is 4.74 Å². The molecule has 0 aromatic heterocycles. The van der Waals surface area contributed by atoms with Crippen LogP contribution in [0.3, 0.4) is 0 Å². The van der Waals surface area contributed by atoms with Gasteiger partial charge in [0, 0.05) is 10.9 Å². The summed E-state index contributed by atoms with van der Waals surface area (Å²) in [6.45, 7) is 2.19. The highest BCUT2D eigenvalue weighted by Gasteiger charge is 2.06. The summed E-state index contributed by atoms with van der Waals surface area (Å²) in [7, 11) is 1.41. The Bertz CT molecular complexity index is 188. The van der Waals surface area contributed by atoms with Gasteiger partial charge in [-0.25, -0.2) is 4.79 Å². The van der Waals surface area contributed by atoms with Crippen LogP contribution in [0, 0.1) is 0 Å². The number of carbonyl (C=O) groups excluding carboxylic acids is 1. The van der Waals surface area contributed by atoms with Crippen molar-refractivity contribution in [1.82, 2.24) is 0 Å². The summed E-state index contributed by atoms with van der Waals surface area (Å²) in [4.78, 5) is 11.1. The average molecular weight is 263 g/mol. The van der Waals surface area contributed by atoms with Crippen molar-refractivity contribution in [2.24, 2.45) is 0 Å². The van der Waals surface area contributed by atoms with Crippen molar-refractivity contribution in [2.75, 3.05) is 12.4 Å². The summed E-state index contributed by atoms with van der Waals surface area (Å²) in [5.41, 5.74) is 0.726. The highest BCUT2D eigenvalue weighted by atomic mass is 79.9. The first-order valence-electron chi connectivity index (χ1n) is 5.09. The van der Waals surface area contributed by atoms with Crippen LogP contribution in [-0.4, -0.2) is 18.4 Å². The van der Waals surface area contributed by atoms with E-state index in [2.05, 4.69) is 27.6 Å². The highest BCUT2D eigenvalue weighted by molar-refractivity contribution is 9.09. The molecule has 0 heterocycles. The van der Waals surface area contributed by atoms with E-state index >= 15 is 0 Å². The number of rotatable bonds is 7. The molecule has 82 valence electrons. The van der Waals surface area contributed by atoms with Crippen LogP contribution in [0.15, 0.2) is 11.6 Å². The van der Waals surface area contributed by atoms with Crippen LogP contribution < -0.4 is 0 Å². The van der Waals surface area contributed by atoms with Crippen molar-refractivity contribution in [2.45, 2.75) is 39.0 Å². The smallest absolute Gasteiger partial charge is 0.334 e. The van der Waals surface area contributed by atoms with Gasteiger partial charge in [0.1, 0.15) is 0 Å². The van der Waals surface area contributed by atoms with Gasteiger partial charge in [-0.1, -0.05) is 48.2 Å². The Morgan fingerprint density at radius 3 is 2.57 bits per heavy atom. The summed E-state index contributed by atoms with van der Waals surface area (Å²) in [6.07, 6.45) is 7.85. The van der Waals surface area contributed by atoms with E-state index in [9.17, 15) is 4.79 Å². The Hall–Kier alpha value is -0.310. The lowest BCUT2D eigenvalue weighted by molar-refractivity contribution is -0.135. The molecule has 0 aliphatic carbocycles. The number of ether oxygens (including phenoxy) is 1. The van der Waals surface area contributed by atoms with Gasteiger partial charge in [-0.2, -0.15) is 0 Å². The minimum absolute atomic E-state index is 0.225. The third-order valence-corrected chi connectivity index (χ3v) is 2.64. The second-order valence-electron chi connectivity index (χ2n) is 3.20. The maximum absolute atomic E-state index is 11.1. The standard InChI is InChI=1S/C11H19BrO2/c1-3-4-5-6-7-8-10(9-12)11(13)14-2/h8H,3-7,9H2,1-2H3. The van der Waals surface area contributed by atoms with Crippen LogP contribution in [0.25, 0.3) is 0 Å². The molecule has 0 unspecified atom stereocenters. The lowest BCUT2D eigenvalue weighted by Gasteiger charge is -2.01. The minimum atomic E-state index is -0.225. The molecule has 0 aromatic rings. The Morgan fingerprint density at radius 1 is 1.36 bits per heavy atom. The molecule has 0 atom stereocenters. The van der Waals surface area contributed by atoms with Crippen molar-refractivity contribution < 1.29 is 9.53 Å². The average Bonchev–Trinajstić information content (AvgIpc) is 2.22. The largest absolute Gasteiger partial charge is 0.466 e. The molecular weight excluding hydrogens is 244 g/mol. The maximum Gasteiger partial charge on any atom is 0.334 e. The van der Waals surface area contributed by atoms with Crippen molar-refractivity contribution in [1.29, 1.82) is 0 Å². The normalized spacial score (nSPS) is 11.5. The second-order valence-corrected chi connectivity index (χ2v) is 3.76. The predicted octanol–water partition coefficient (Wildman–Crippen LogP) is 3.45. The molecule has 2 nitrogen and oxygen atoms in total. The Balaban J connectivity index is 3.76. The number of esters is 1. The fourth-order valence-electron chi connectivity index (χ4n) is 1.17. The van der Waals surface area contributed by atoms with Crippen molar-refractivity contribution >= 4 is 21.9 Å². The van der Waals surface area contributed by atoms with E-state index < -0.39 is 0 Å². The third-order valence-electron chi connectivity index (χ3n) is 2.04. The number of carbonyl (C=O) groups is 1. The molecule has 0 aromatic carbocycles. The topological polar surface area (TPSA) is 26.3 Å². The number of unbranched alkanes of at least 4 members (excludes halogenated alkanes) is 4. The van der Waals surface area contributed by atoms with Crippen LogP contribution in [-0.2, 0) is 9.53 Å². The third kappa shape index (κ3) is 6.19. The van der Waals surface area contributed by atoms with Gasteiger partial charge in [-0.05, 0) is 12.8 Å². The van der Waals surface area contributed by atoms with Gasteiger partial charge in [-0.3, -0.25) is 0 Å². The van der Waals surface area contributed by atoms with Crippen molar-refractivity contribution in [3.63, 3.8) is 0 Å². The molecule has 0 N–H and O–H groups in total. The van der Waals surface area contributed by atoms with E-state index in [1.165, 1.54) is 26.4 Å². The summed E-state index contributed by atoms with van der Waals surface area (Å²) in [5.74, 6) is -0.225. The fraction of sp³-hybridized carbons (Fsp3) is 0.727. The number of alkyl halides is 1. The first-order chi connectivity index (χ1) is 6.76. The Kier molecular flexibility index (Phi) is 9.05. The summed E-state index contributed by atoms with van der Waals surface area (Å²) in [6, 6.07) is 0. The van der Waals surface area contributed by atoms with Gasteiger partial charge >= 0.3 is 5.97 Å². The molecule has 0 bridgehead atoms. The number of methoxy groups -OCH3 is 1. The summed E-state index contributed by atoms with van der Waals surface area (Å²) in [5, 5.41) is 0.577. The number of hydrogen-bond donors (Lipinski definition) is 0. The molecule has 0 saturated heterocycles. The van der Waals surface area contributed by atoms with Crippen LogP contribution >= 0.6 is 15.9 Å². The molecule has 0 aliphatic rings. The molecule has 0 aliphatic heterocycles. The number of allylic oxidation sites excluding steroid dienone is 1. The molecule has 0 amide bonds. The van der Waals surface area contributed by atoms with E-state index in [1.807, 2.05) is 6.08 Å². The molecule has 3 heteroatoms. The molecule has 14 heavy (non-hydrogen) atoms. The monoisotopic (exact) mass is 262 g/mol. The highest BCUT2D eigenvalue weighted by Crippen LogP contribution is 2.08. The van der Waals surface area contributed by atoms with Gasteiger partial charge in [0.15, 0.2) is 0 Å². The van der Waals surface area contributed by atoms with Gasteiger partial charge in [0.05, 0.1) is 7.11 Å². The van der Waals surface area contributed by atoms with Crippen LogP contribution in [0.5, 0.6) is 0 Å². The zero-order valence-electron chi connectivity index (χ0n) is 9.01. The molecular formula is C11H19BrO2. The maximum atomic E-state index is 11.1.